The lowest BCUT2D eigenvalue weighted by molar-refractivity contribution is -0.159. The van der Waals surface area contributed by atoms with Crippen molar-refractivity contribution < 1.29 is 25.0 Å². The van der Waals surface area contributed by atoms with E-state index in [4.69, 9.17) is 15.9 Å². The lowest BCUT2D eigenvalue weighted by Gasteiger charge is -2.14. The highest BCUT2D eigenvalue weighted by molar-refractivity contribution is 5.87. The van der Waals surface area contributed by atoms with E-state index < -0.39 is 17.9 Å². The molecule has 7 nitrogen and oxygen atoms in total. The Hall–Kier alpha value is -1.44. The van der Waals surface area contributed by atoms with Crippen molar-refractivity contribution in [2.75, 3.05) is 13.2 Å². The van der Waals surface area contributed by atoms with Crippen LogP contribution in [0.5, 0.6) is 0 Å². The van der Waals surface area contributed by atoms with Gasteiger partial charge in [-0.15, -0.1) is 0 Å². The third-order valence-electron chi connectivity index (χ3n) is 2.33. The van der Waals surface area contributed by atoms with Crippen molar-refractivity contribution in [1.82, 2.24) is 5.06 Å². The van der Waals surface area contributed by atoms with E-state index in [1.165, 1.54) is 6.08 Å². The zero-order valence-corrected chi connectivity index (χ0v) is 10.4. The molecule has 7 heteroatoms. The second-order valence-corrected chi connectivity index (χ2v) is 4.01. The van der Waals surface area contributed by atoms with Gasteiger partial charge >= 0.3 is 5.97 Å². The topological polar surface area (TPSA) is 124 Å². The van der Waals surface area contributed by atoms with Crippen LogP contribution in [-0.2, 0) is 9.59 Å². The average Bonchev–Trinajstić information content (AvgIpc) is 2.28. The fraction of sp³-hybridized carbons (Fsp3) is 0.636. The van der Waals surface area contributed by atoms with Gasteiger partial charge in [-0.05, 0) is 26.2 Å². The standard InChI is InChI=1S/C11H20N2O5/c1-8(4-6-14)7-10(15)13(18)5-2-3-9(12)11(16)17/h7,9,14,18H,2-6,12H2,1H3,(H,16,17)/b8-7-/t9-/m0/s1. The number of carbonyl (C=O) groups is 2. The lowest BCUT2D eigenvalue weighted by atomic mass is 10.1. The number of hydrogen-bond donors (Lipinski definition) is 4. The second kappa shape index (κ2) is 8.62. The summed E-state index contributed by atoms with van der Waals surface area (Å²) in [5.41, 5.74) is 5.93. The summed E-state index contributed by atoms with van der Waals surface area (Å²) >= 11 is 0. The Morgan fingerprint density at radius 1 is 1.44 bits per heavy atom. The van der Waals surface area contributed by atoms with Gasteiger partial charge in [-0.2, -0.15) is 0 Å². The number of hydrogen-bond acceptors (Lipinski definition) is 5. The van der Waals surface area contributed by atoms with Gasteiger partial charge in [0.1, 0.15) is 6.04 Å². The number of aliphatic carboxylic acids is 1. The summed E-state index contributed by atoms with van der Waals surface area (Å²) in [5.74, 6) is -1.70. The van der Waals surface area contributed by atoms with Crippen LogP contribution in [0.2, 0.25) is 0 Å². The van der Waals surface area contributed by atoms with Crippen molar-refractivity contribution in [2.45, 2.75) is 32.2 Å². The first-order chi connectivity index (χ1) is 8.38. The molecule has 0 saturated carbocycles. The van der Waals surface area contributed by atoms with Crippen LogP contribution in [0.25, 0.3) is 0 Å². The van der Waals surface area contributed by atoms with E-state index in [0.29, 0.717) is 23.5 Å². The number of hydroxylamine groups is 2. The molecule has 0 spiro atoms. The van der Waals surface area contributed by atoms with Gasteiger partial charge in [-0.25, -0.2) is 5.06 Å². The Balaban J connectivity index is 4.02. The lowest BCUT2D eigenvalue weighted by Crippen LogP contribution is -2.32. The fourth-order valence-electron chi connectivity index (χ4n) is 1.23. The second-order valence-electron chi connectivity index (χ2n) is 4.01. The highest BCUT2D eigenvalue weighted by Gasteiger charge is 2.13. The Morgan fingerprint density at radius 2 is 2.06 bits per heavy atom. The van der Waals surface area contributed by atoms with Gasteiger partial charge in [-0.3, -0.25) is 14.8 Å². The molecule has 0 heterocycles. The van der Waals surface area contributed by atoms with Crippen molar-refractivity contribution in [3.05, 3.63) is 11.6 Å². The molecule has 18 heavy (non-hydrogen) atoms. The summed E-state index contributed by atoms with van der Waals surface area (Å²) in [7, 11) is 0. The van der Waals surface area contributed by atoms with Crippen LogP contribution in [0.15, 0.2) is 11.6 Å². The molecule has 0 aliphatic heterocycles. The van der Waals surface area contributed by atoms with Crippen LogP contribution in [-0.4, -0.2) is 51.6 Å². The van der Waals surface area contributed by atoms with Gasteiger partial charge < -0.3 is 15.9 Å². The predicted molar refractivity (Wildman–Crippen MR) is 63.8 cm³/mol. The Kier molecular flexibility index (Phi) is 7.93. The average molecular weight is 260 g/mol. The molecule has 0 aliphatic rings. The van der Waals surface area contributed by atoms with Crippen molar-refractivity contribution in [3.63, 3.8) is 0 Å². The predicted octanol–water partition coefficient (Wildman–Crippen LogP) is -0.275. The number of carboxylic acids is 1. The zero-order chi connectivity index (χ0) is 14.1. The monoisotopic (exact) mass is 260 g/mol. The number of carbonyl (C=O) groups excluding carboxylic acids is 1. The molecule has 0 unspecified atom stereocenters. The Morgan fingerprint density at radius 3 is 2.56 bits per heavy atom. The summed E-state index contributed by atoms with van der Waals surface area (Å²) in [6, 6.07) is -0.986. The third kappa shape index (κ3) is 7.00. The first kappa shape index (κ1) is 16.6. The van der Waals surface area contributed by atoms with Crippen molar-refractivity contribution >= 4 is 11.9 Å². The summed E-state index contributed by atoms with van der Waals surface area (Å²) in [5, 5.41) is 27.1. The van der Waals surface area contributed by atoms with E-state index >= 15 is 0 Å². The van der Waals surface area contributed by atoms with E-state index in [0.717, 1.165) is 0 Å². The zero-order valence-electron chi connectivity index (χ0n) is 10.4. The van der Waals surface area contributed by atoms with Crippen LogP contribution < -0.4 is 5.73 Å². The SMILES string of the molecule is C/C(=C/C(=O)N(O)CCC[C@H](N)C(=O)O)CCO. The smallest absolute Gasteiger partial charge is 0.320 e. The van der Waals surface area contributed by atoms with E-state index in [1.54, 1.807) is 6.92 Å². The van der Waals surface area contributed by atoms with Gasteiger partial charge in [0.15, 0.2) is 0 Å². The third-order valence-corrected chi connectivity index (χ3v) is 2.33. The van der Waals surface area contributed by atoms with Crippen LogP contribution in [0, 0.1) is 0 Å². The van der Waals surface area contributed by atoms with Crippen molar-refractivity contribution in [3.8, 4) is 0 Å². The summed E-state index contributed by atoms with van der Waals surface area (Å²) in [6.45, 7) is 1.62. The van der Waals surface area contributed by atoms with Gasteiger partial charge in [0, 0.05) is 19.2 Å². The molecule has 0 aromatic carbocycles. The molecule has 0 rings (SSSR count). The Bertz CT molecular complexity index is 317. The van der Waals surface area contributed by atoms with Crippen LogP contribution >= 0.6 is 0 Å². The largest absolute Gasteiger partial charge is 0.480 e. The van der Waals surface area contributed by atoms with E-state index in [9.17, 15) is 14.8 Å². The minimum Gasteiger partial charge on any atom is -0.480 e. The molecule has 5 N–H and O–H groups in total. The van der Waals surface area contributed by atoms with Gasteiger partial charge in [-0.1, -0.05) is 5.57 Å². The van der Waals surface area contributed by atoms with Crippen molar-refractivity contribution in [1.29, 1.82) is 0 Å². The number of carboxylic acid groups (broad SMARTS) is 1. The molecule has 0 aromatic heterocycles. The number of aliphatic hydroxyl groups is 1. The molecule has 1 atom stereocenters. The minimum atomic E-state index is -1.11. The van der Waals surface area contributed by atoms with Crippen LogP contribution in [0.1, 0.15) is 26.2 Å². The molecule has 0 aromatic rings. The summed E-state index contributed by atoms with van der Waals surface area (Å²) in [4.78, 5) is 21.8. The van der Waals surface area contributed by atoms with E-state index in [1.807, 2.05) is 0 Å². The number of nitrogens with two attached hydrogens (primary N) is 1. The van der Waals surface area contributed by atoms with Crippen LogP contribution in [0.3, 0.4) is 0 Å². The molecule has 0 aliphatic carbocycles. The maximum absolute atomic E-state index is 11.4. The van der Waals surface area contributed by atoms with Gasteiger partial charge in [0.25, 0.3) is 5.91 Å². The molecule has 0 saturated heterocycles. The molecule has 104 valence electrons. The quantitative estimate of drug-likeness (QED) is 0.270. The molecule has 0 radical (unpaired) electrons. The Labute approximate surface area is 105 Å². The maximum atomic E-state index is 11.4. The highest BCUT2D eigenvalue weighted by Crippen LogP contribution is 2.02. The highest BCUT2D eigenvalue weighted by atomic mass is 16.5. The summed E-state index contributed by atoms with van der Waals surface area (Å²) < 4.78 is 0. The fourth-order valence-corrected chi connectivity index (χ4v) is 1.23. The maximum Gasteiger partial charge on any atom is 0.320 e. The normalized spacial score (nSPS) is 13.2. The van der Waals surface area contributed by atoms with Gasteiger partial charge in [0.2, 0.25) is 0 Å². The minimum absolute atomic E-state index is 0.0166. The first-order valence-corrected chi connectivity index (χ1v) is 5.65. The number of aliphatic hydroxyl groups excluding tert-OH is 1. The van der Waals surface area contributed by atoms with Crippen molar-refractivity contribution in [2.24, 2.45) is 5.73 Å². The summed E-state index contributed by atoms with van der Waals surface area (Å²) in [6.07, 6.45) is 2.07. The molecule has 0 bridgehead atoms. The molecule has 1 amide bonds. The number of amides is 1. The van der Waals surface area contributed by atoms with Crippen LogP contribution in [0.4, 0.5) is 0 Å². The molecular weight excluding hydrogens is 240 g/mol. The number of nitrogens with zero attached hydrogens (tertiary/aromatic N) is 1. The van der Waals surface area contributed by atoms with Gasteiger partial charge in [0.05, 0.1) is 0 Å². The first-order valence-electron chi connectivity index (χ1n) is 5.65. The van der Waals surface area contributed by atoms with E-state index in [2.05, 4.69) is 0 Å². The molecule has 0 fully saturated rings. The number of rotatable bonds is 8. The van der Waals surface area contributed by atoms with E-state index in [-0.39, 0.29) is 19.6 Å². The molecular formula is C11H20N2O5.